The predicted octanol–water partition coefficient (Wildman–Crippen LogP) is 1.67. The Morgan fingerprint density at radius 3 is 2.30 bits per heavy atom. The van der Waals surface area contributed by atoms with Crippen LogP contribution in [0.3, 0.4) is 0 Å². The first-order valence-corrected chi connectivity index (χ1v) is 7.17. The summed E-state index contributed by atoms with van der Waals surface area (Å²) in [6.45, 7) is 1.60. The third kappa shape index (κ3) is 3.72. The molecule has 0 aromatic carbocycles. The van der Waals surface area contributed by atoms with Crippen LogP contribution in [0.15, 0.2) is 6.07 Å². The van der Waals surface area contributed by atoms with Gasteiger partial charge in [-0.3, -0.25) is 0 Å². The van der Waals surface area contributed by atoms with Gasteiger partial charge in [-0.15, -0.1) is 0 Å². The number of hydrogen-bond donors (Lipinski definition) is 2. The Labute approximate surface area is 120 Å². The minimum absolute atomic E-state index is 0.498. The maximum absolute atomic E-state index is 5.85. The molecule has 1 aliphatic rings. The second-order valence-corrected chi connectivity index (χ2v) is 5.20. The van der Waals surface area contributed by atoms with Crippen molar-refractivity contribution in [3.63, 3.8) is 0 Å². The standard InChI is InChI=1S/C14H24N4O2/c1-19-12-7-13(20-2)18-14(17-12)16-9-11-6-4-3-5-10(11)8-15/h7,10-11H,3-6,8-9,15H2,1-2H3,(H,16,17,18). The summed E-state index contributed by atoms with van der Waals surface area (Å²) in [5.41, 5.74) is 5.85. The van der Waals surface area contributed by atoms with Gasteiger partial charge in [0.25, 0.3) is 0 Å². The molecule has 6 heteroatoms. The molecule has 0 amide bonds. The number of ether oxygens (including phenoxy) is 2. The molecule has 3 N–H and O–H groups in total. The van der Waals surface area contributed by atoms with E-state index in [1.165, 1.54) is 25.7 Å². The molecule has 0 aliphatic heterocycles. The molecule has 2 rings (SSSR count). The van der Waals surface area contributed by atoms with E-state index in [1.807, 2.05) is 0 Å². The van der Waals surface area contributed by atoms with Crippen molar-refractivity contribution < 1.29 is 9.47 Å². The van der Waals surface area contributed by atoms with Crippen LogP contribution in [0.4, 0.5) is 5.95 Å². The molecule has 6 nitrogen and oxygen atoms in total. The number of methoxy groups -OCH3 is 2. The molecule has 2 unspecified atom stereocenters. The van der Waals surface area contributed by atoms with E-state index in [0.717, 1.165) is 13.1 Å². The zero-order valence-corrected chi connectivity index (χ0v) is 12.3. The summed E-state index contributed by atoms with van der Waals surface area (Å²) < 4.78 is 10.3. The molecule has 1 aliphatic carbocycles. The Balaban J connectivity index is 1.98. The smallest absolute Gasteiger partial charge is 0.229 e. The summed E-state index contributed by atoms with van der Waals surface area (Å²) in [7, 11) is 3.16. The summed E-state index contributed by atoms with van der Waals surface area (Å²) in [5.74, 6) is 2.73. The lowest BCUT2D eigenvalue weighted by Gasteiger charge is -2.30. The molecule has 2 atom stereocenters. The van der Waals surface area contributed by atoms with Crippen LogP contribution in [0, 0.1) is 11.8 Å². The highest BCUT2D eigenvalue weighted by atomic mass is 16.5. The molecule has 0 radical (unpaired) electrons. The lowest BCUT2D eigenvalue weighted by atomic mass is 9.79. The van der Waals surface area contributed by atoms with E-state index in [4.69, 9.17) is 15.2 Å². The van der Waals surface area contributed by atoms with Crippen LogP contribution >= 0.6 is 0 Å². The van der Waals surface area contributed by atoms with Crippen molar-refractivity contribution in [1.29, 1.82) is 0 Å². The van der Waals surface area contributed by atoms with Crippen LogP contribution < -0.4 is 20.5 Å². The van der Waals surface area contributed by atoms with E-state index in [2.05, 4.69) is 15.3 Å². The van der Waals surface area contributed by atoms with Gasteiger partial charge in [0.1, 0.15) is 0 Å². The third-order valence-corrected chi connectivity index (χ3v) is 3.99. The van der Waals surface area contributed by atoms with Gasteiger partial charge in [0.2, 0.25) is 17.7 Å². The van der Waals surface area contributed by atoms with E-state index in [-0.39, 0.29) is 0 Å². The van der Waals surface area contributed by atoms with Crippen LogP contribution in [-0.4, -0.2) is 37.3 Å². The van der Waals surface area contributed by atoms with Crippen molar-refractivity contribution in [2.45, 2.75) is 25.7 Å². The quantitative estimate of drug-likeness (QED) is 0.825. The molecule has 0 spiro atoms. The van der Waals surface area contributed by atoms with Crippen molar-refractivity contribution in [1.82, 2.24) is 9.97 Å². The highest BCUT2D eigenvalue weighted by Crippen LogP contribution is 2.29. The van der Waals surface area contributed by atoms with Gasteiger partial charge >= 0.3 is 0 Å². The molecule has 1 aromatic heterocycles. The number of hydrogen-bond acceptors (Lipinski definition) is 6. The van der Waals surface area contributed by atoms with E-state index in [1.54, 1.807) is 20.3 Å². The molecule has 1 fully saturated rings. The minimum Gasteiger partial charge on any atom is -0.481 e. The lowest BCUT2D eigenvalue weighted by Crippen LogP contribution is -2.31. The van der Waals surface area contributed by atoms with Crippen molar-refractivity contribution in [2.75, 3.05) is 32.6 Å². The van der Waals surface area contributed by atoms with Gasteiger partial charge in [-0.2, -0.15) is 9.97 Å². The van der Waals surface area contributed by atoms with Gasteiger partial charge in [-0.05, 0) is 31.2 Å². The minimum atomic E-state index is 0.498. The van der Waals surface area contributed by atoms with Crippen LogP contribution in [0.1, 0.15) is 25.7 Å². The first kappa shape index (κ1) is 14.8. The SMILES string of the molecule is COc1cc(OC)nc(NCC2CCCCC2CN)n1. The Morgan fingerprint density at radius 1 is 1.15 bits per heavy atom. The Kier molecular flexibility index (Phi) is 5.40. The average molecular weight is 280 g/mol. The number of nitrogens with one attached hydrogen (secondary N) is 1. The molecule has 1 aromatic rings. The number of aromatic nitrogens is 2. The van der Waals surface area contributed by atoms with Gasteiger partial charge in [0.15, 0.2) is 0 Å². The highest BCUT2D eigenvalue weighted by molar-refractivity contribution is 5.33. The van der Waals surface area contributed by atoms with Gasteiger partial charge in [-0.25, -0.2) is 0 Å². The normalized spacial score (nSPS) is 22.4. The number of nitrogens with two attached hydrogens (primary N) is 1. The zero-order valence-electron chi connectivity index (χ0n) is 12.3. The van der Waals surface area contributed by atoms with Gasteiger partial charge in [0, 0.05) is 6.54 Å². The largest absolute Gasteiger partial charge is 0.481 e. The maximum Gasteiger partial charge on any atom is 0.229 e. The number of nitrogens with zero attached hydrogens (tertiary/aromatic N) is 2. The Morgan fingerprint density at radius 2 is 1.75 bits per heavy atom. The average Bonchev–Trinajstić information content (AvgIpc) is 2.52. The van der Waals surface area contributed by atoms with Crippen LogP contribution in [0.25, 0.3) is 0 Å². The lowest BCUT2D eigenvalue weighted by molar-refractivity contribution is 0.255. The third-order valence-electron chi connectivity index (χ3n) is 3.99. The van der Waals surface area contributed by atoms with Crippen molar-refractivity contribution in [3.05, 3.63) is 6.07 Å². The molecular formula is C14H24N4O2. The fraction of sp³-hybridized carbons (Fsp3) is 0.714. The molecule has 0 saturated heterocycles. The molecule has 20 heavy (non-hydrogen) atoms. The zero-order chi connectivity index (χ0) is 14.4. The summed E-state index contributed by atoms with van der Waals surface area (Å²) in [5, 5.41) is 3.29. The monoisotopic (exact) mass is 280 g/mol. The Hall–Kier alpha value is -1.56. The molecule has 112 valence electrons. The molecule has 0 bridgehead atoms. The summed E-state index contributed by atoms with van der Waals surface area (Å²) in [6, 6.07) is 1.66. The summed E-state index contributed by atoms with van der Waals surface area (Å²) in [4.78, 5) is 8.56. The predicted molar refractivity (Wildman–Crippen MR) is 78.1 cm³/mol. The molecule has 1 heterocycles. The topological polar surface area (TPSA) is 82.3 Å². The first-order valence-electron chi connectivity index (χ1n) is 7.17. The maximum atomic E-state index is 5.85. The molecule has 1 saturated carbocycles. The summed E-state index contributed by atoms with van der Waals surface area (Å²) in [6.07, 6.45) is 5.02. The Bertz CT molecular complexity index is 405. The van der Waals surface area contributed by atoms with Crippen molar-refractivity contribution in [3.8, 4) is 11.8 Å². The first-order chi connectivity index (χ1) is 9.76. The van der Waals surface area contributed by atoms with Crippen LogP contribution in [0.2, 0.25) is 0 Å². The number of anilines is 1. The fourth-order valence-electron chi connectivity index (χ4n) is 2.78. The fourth-order valence-corrected chi connectivity index (χ4v) is 2.78. The van der Waals surface area contributed by atoms with Gasteiger partial charge < -0.3 is 20.5 Å². The number of rotatable bonds is 6. The second-order valence-electron chi connectivity index (χ2n) is 5.20. The van der Waals surface area contributed by atoms with Gasteiger partial charge in [0.05, 0.1) is 20.3 Å². The van der Waals surface area contributed by atoms with Gasteiger partial charge in [-0.1, -0.05) is 12.8 Å². The molecular weight excluding hydrogens is 256 g/mol. The summed E-state index contributed by atoms with van der Waals surface area (Å²) >= 11 is 0. The van der Waals surface area contributed by atoms with Crippen LogP contribution in [0.5, 0.6) is 11.8 Å². The van der Waals surface area contributed by atoms with E-state index < -0.39 is 0 Å². The van der Waals surface area contributed by atoms with Crippen molar-refractivity contribution >= 4 is 5.95 Å². The van der Waals surface area contributed by atoms with E-state index in [9.17, 15) is 0 Å². The van der Waals surface area contributed by atoms with E-state index >= 15 is 0 Å². The highest BCUT2D eigenvalue weighted by Gasteiger charge is 2.23. The van der Waals surface area contributed by atoms with Crippen molar-refractivity contribution in [2.24, 2.45) is 17.6 Å². The van der Waals surface area contributed by atoms with Crippen LogP contribution in [-0.2, 0) is 0 Å². The van der Waals surface area contributed by atoms with E-state index in [0.29, 0.717) is 29.5 Å². The second kappa shape index (κ2) is 7.28.